The number of likely N-dealkylation sites (tertiary alicyclic amines) is 1. The molecule has 0 aromatic rings. The molecule has 1 aliphatic rings. The summed E-state index contributed by atoms with van der Waals surface area (Å²) < 4.78 is 0. The van der Waals surface area contributed by atoms with Crippen LogP contribution in [0.4, 0.5) is 0 Å². The van der Waals surface area contributed by atoms with Gasteiger partial charge in [0.05, 0.1) is 0 Å². The Balaban J connectivity index is 2.20. The van der Waals surface area contributed by atoms with Gasteiger partial charge in [-0.3, -0.25) is 0 Å². The number of rotatable bonds is 2. The lowest BCUT2D eigenvalue weighted by Gasteiger charge is -2.21. The van der Waals surface area contributed by atoms with Crippen molar-refractivity contribution in [3.63, 3.8) is 0 Å². The molecule has 1 fully saturated rings. The van der Waals surface area contributed by atoms with Crippen LogP contribution in [0.3, 0.4) is 0 Å². The zero-order valence-electron chi connectivity index (χ0n) is 7.55. The van der Waals surface area contributed by atoms with E-state index in [1.54, 1.807) is 0 Å². The van der Waals surface area contributed by atoms with E-state index in [1.165, 1.54) is 38.8 Å². The molecule has 0 amide bonds. The van der Waals surface area contributed by atoms with Crippen LogP contribution < -0.4 is 5.73 Å². The van der Waals surface area contributed by atoms with Gasteiger partial charge in [-0.05, 0) is 32.9 Å². The minimum absolute atomic E-state index is 0.341. The minimum atomic E-state index is 0.341. The van der Waals surface area contributed by atoms with E-state index in [2.05, 4.69) is 11.8 Å². The van der Waals surface area contributed by atoms with Crippen LogP contribution in [-0.2, 0) is 0 Å². The van der Waals surface area contributed by atoms with Crippen LogP contribution in [0.5, 0.6) is 0 Å². The van der Waals surface area contributed by atoms with Crippen molar-refractivity contribution >= 4 is 0 Å². The Morgan fingerprint density at radius 2 is 1.73 bits per heavy atom. The fourth-order valence-electron chi connectivity index (χ4n) is 1.73. The fraction of sp³-hybridized carbons (Fsp3) is 1.00. The smallest absolute Gasteiger partial charge is 0.0139 e. The van der Waals surface area contributed by atoms with Gasteiger partial charge in [0.1, 0.15) is 0 Å². The highest BCUT2D eigenvalue weighted by atomic mass is 15.1. The summed E-state index contributed by atoms with van der Waals surface area (Å²) in [4.78, 5) is 2.50. The molecule has 1 rings (SSSR count). The van der Waals surface area contributed by atoms with Gasteiger partial charge in [-0.25, -0.2) is 0 Å². The molecular weight excluding hydrogens is 136 g/mol. The maximum Gasteiger partial charge on any atom is 0.0139 e. The van der Waals surface area contributed by atoms with Gasteiger partial charge in [0, 0.05) is 12.6 Å². The first-order valence-electron chi connectivity index (χ1n) is 4.77. The van der Waals surface area contributed by atoms with Gasteiger partial charge in [0.25, 0.3) is 0 Å². The van der Waals surface area contributed by atoms with Crippen LogP contribution in [0.2, 0.25) is 0 Å². The van der Waals surface area contributed by atoms with Crippen molar-refractivity contribution in [3.05, 3.63) is 0 Å². The lowest BCUT2D eigenvalue weighted by atomic mass is 10.2. The SMILES string of the molecule is C[C@H](N)CN1CCCCCC1. The van der Waals surface area contributed by atoms with Gasteiger partial charge in [-0.2, -0.15) is 0 Å². The van der Waals surface area contributed by atoms with E-state index < -0.39 is 0 Å². The Labute approximate surface area is 69.8 Å². The zero-order chi connectivity index (χ0) is 8.10. The molecular formula is C9H20N2. The second-order valence-electron chi connectivity index (χ2n) is 3.69. The zero-order valence-corrected chi connectivity index (χ0v) is 7.55. The molecule has 0 radical (unpaired) electrons. The average molecular weight is 156 g/mol. The quantitative estimate of drug-likeness (QED) is 0.651. The van der Waals surface area contributed by atoms with E-state index in [0.29, 0.717) is 6.04 Å². The molecule has 0 aromatic carbocycles. The van der Waals surface area contributed by atoms with Crippen LogP contribution in [0.25, 0.3) is 0 Å². The summed E-state index contributed by atoms with van der Waals surface area (Å²) in [6, 6.07) is 0.341. The summed E-state index contributed by atoms with van der Waals surface area (Å²) in [5.74, 6) is 0. The van der Waals surface area contributed by atoms with E-state index in [9.17, 15) is 0 Å². The maximum atomic E-state index is 5.73. The topological polar surface area (TPSA) is 29.3 Å². The predicted octanol–water partition coefficient (Wildman–Crippen LogP) is 1.21. The Hall–Kier alpha value is -0.0800. The summed E-state index contributed by atoms with van der Waals surface area (Å²) in [6.07, 6.45) is 5.56. The van der Waals surface area contributed by atoms with Crippen molar-refractivity contribution < 1.29 is 0 Å². The normalized spacial score (nSPS) is 24.5. The number of nitrogens with two attached hydrogens (primary N) is 1. The molecule has 1 heterocycles. The van der Waals surface area contributed by atoms with Crippen molar-refractivity contribution in [3.8, 4) is 0 Å². The van der Waals surface area contributed by atoms with Crippen LogP contribution in [0, 0.1) is 0 Å². The Morgan fingerprint density at radius 3 is 2.18 bits per heavy atom. The van der Waals surface area contributed by atoms with Gasteiger partial charge in [-0.1, -0.05) is 12.8 Å². The molecule has 0 spiro atoms. The highest BCUT2D eigenvalue weighted by Gasteiger charge is 2.09. The van der Waals surface area contributed by atoms with Crippen LogP contribution in [0.15, 0.2) is 0 Å². The molecule has 0 aromatic heterocycles. The molecule has 11 heavy (non-hydrogen) atoms. The molecule has 1 aliphatic heterocycles. The lowest BCUT2D eigenvalue weighted by Crippen LogP contribution is -2.36. The summed E-state index contributed by atoms with van der Waals surface area (Å²) in [6.45, 7) is 5.70. The Bertz CT molecular complexity index is 93.7. The van der Waals surface area contributed by atoms with E-state index in [4.69, 9.17) is 5.73 Å². The van der Waals surface area contributed by atoms with Crippen molar-refractivity contribution in [1.29, 1.82) is 0 Å². The number of hydrogen-bond acceptors (Lipinski definition) is 2. The van der Waals surface area contributed by atoms with Crippen LogP contribution >= 0.6 is 0 Å². The fourth-order valence-corrected chi connectivity index (χ4v) is 1.73. The van der Waals surface area contributed by atoms with Gasteiger partial charge in [0.15, 0.2) is 0 Å². The lowest BCUT2D eigenvalue weighted by molar-refractivity contribution is 0.272. The molecule has 2 nitrogen and oxygen atoms in total. The molecule has 1 saturated heterocycles. The third kappa shape index (κ3) is 3.73. The summed E-state index contributed by atoms with van der Waals surface area (Å²) in [5.41, 5.74) is 5.73. The first-order chi connectivity index (χ1) is 5.29. The molecule has 1 atom stereocenters. The number of nitrogens with zero attached hydrogens (tertiary/aromatic N) is 1. The van der Waals surface area contributed by atoms with Crippen molar-refractivity contribution in [2.75, 3.05) is 19.6 Å². The molecule has 2 heteroatoms. The molecule has 66 valence electrons. The first-order valence-corrected chi connectivity index (χ1v) is 4.77. The molecule has 0 aliphatic carbocycles. The third-order valence-corrected chi connectivity index (χ3v) is 2.24. The molecule has 0 unspecified atom stereocenters. The molecule has 2 N–H and O–H groups in total. The van der Waals surface area contributed by atoms with Gasteiger partial charge >= 0.3 is 0 Å². The van der Waals surface area contributed by atoms with Gasteiger partial charge in [0.2, 0.25) is 0 Å². The van der Waals surface area contributed by atoms with Crippen molar-refractivity contribution in [1.82, 2.24) is 4.90 Å². The second kappa shape index (κ2) is 4.73. The van der Waals surface area contributed by atoms with Gasteiger partial charge < -0.3 is 10.6 Å². The predicted molar refractivity (Wildman–Crippen MR) is 48.6 cm³/mol. The summed E-state index contributed by atoms with van der Waals surface area (Å²) in [5, 5.41) is 0. The number of hydrogen-bond donors (Lipinski definition) is 1. The second-order valence-corrected chi connectivity index (χ2v) is 3.69. The highest BCUT2D eigenvalue weighted by molar-refractivity contribution is 4.67. The van der Waals surface area contributed by atoms with E-state index in [0.717, 1.165) is 6.54 Å². The van der Waals surface area contributed by atoms with Crippen LogP contribution in [-0.4, -0.2) is 30.6 Å². The monoisotopic (exact) mass is 156 g/mol. The van der Waals surface area contributed by atoms with Crippen molar-refractivity contribution in [2.45, 2.75) is 38.6 Å². The van der Waals surface area contributed by atoms with E-state index in [-0.39, 0.29) is 0 Å². The minimum Gasteiger partial charge on any atom is -0.327 e. The third-order valence-electron chi connectivity index (χ3n) is 2.24. The molecule has 0 bridgehead atoms. The first kappa shape index (κ1) is 9.01. The van der Waals surface area contributed by atoms with E-state index in [1.807, 2.05) is 0 Å². The highest BCUT2D eigenvalue weighted by Crippen LogP contribution is 2.09. The van der Waals surface area contributed by atoms with Crippen LogP contribution in [0.1, 0.15) is 32.6 Å². The van der Waals surface area contributed by atoms with Crippen molar-refractivity contribution in [2.24, 2.45) is 5.73 Å². The standard InChI is InChI=1S/C9H20N2/c1-9(10)8-11-6-4-2-3-5-7-11/h9H,2-8,10H2,1H3/t9-/m0/s1. The van der Waals surface area contributed by atoms with E-state index >= 15 is 0 Å². The average Bonchev–Trinajstić information content (AvgIpc) is 2.14. The summed E-state index contributed by atoms with van der Waals surface area (Å²) >= 11 is 0. The summed E-state index contributed by atoms with van der Waals surface area (Å²) in [7, 11) is 0. The maximum absolute atomic E-state index is 5.73. The Kier molecular flexibility index (Phi) is 3.87. The van der Waals surface area contributed by atoms with Gasteiger partial charge in [-0.15, -0.1) is 0 Å². The Morgan fingerprint density at radius 1 is 1.18 bits per heavy atom. The largest absolute Gasteiger partial charge is 0.327 e. The molecule has 0 saturated carbocycles.